The Morgan fingerprint density at radius 2 is 2.14 bits per heavy atom. The van der Waals surface area contributed by atoms with Crippen molar-refractivity contribution in [2.24, 2.45) is 0 Å². The summed E-state index contributed by atoms with van der Waals surface area (Å²) in [4.78, 5) is 4.48. The predicted octanol–water partition coefficient (Wildman–Crippen LogP) is 1.30. The van der Waals surface area contributed by atoms with Gasteiger partial charge in [-0.2, -0.15) is 0 Å². The van der Waals surface area contributed by atoms with Crippen LogP contribution in [0, 0.1) is 0 Å². The van der Waals surface area contributed by atoms with E-state index in [0.29, 0.717) is 0 Å². The van der Waals surface area contributed by atoms with E-state index in [9.17, 15) is 0 Å². The van der Waals surface area contributed by atoms with Crippen LogP contribution in [0.4, 0.5) is 0 Å². The van der Waals surface area contributed by atoms with Gasteiger partial charge in [-0.1, -0.05) is 13.2 Å². The smallest absolute Gasteiger partial charge is 0.0594 e. The van der Waals surface area contributed by atoms with E-state index < -0.39 is 0 Å². The lowest BCUT2D eigenvalue weighted by Crippen LogP contribution is -2.40. The van der Waals surface area contributed by atoms with Crippen molar-refractivity contribution in [1.29, 1.82) is 0 Å². The number of nitrogens with zero attached hydrogens (tertiary/aromatic N) is 2. The Balaban J connectivity index is 2.23. The minimum absolute atomic E-state index is 0.862. The molecule has 0 radical (unpaired) electrons. The van der Waals surface area contributed by atoms with Crippen molar-refractivity contribution >= 4 is 0 Å². The maximum atomic E-state index is 5.29. The molecule has 0 amide bonds. The van der Waals surface area contributed by atoms with Gasteiger partial charge in [0.05, 0.1) is 13.2 Å². The van der Waals surface area contributed by atoms with Crippen LogP contribution in [0.5, 0.6) is 0 Å². The van der Waals surface area contributed by atoms with Crippen molar-refractivity contribution < 1.29 is 4.74 Å². The van der Waals surface area contributed by atoms with E-state index in [1.54, 1.807) is 0 Å². The summed E-state index contributed by atoms with van der Waals surface area (Å²) in [6.07, 6.45) is 1.84. The van der Waals surface area contributed by atoms with E-state index in [-0.39, 0.29) is 0 Å². The summed E-state index contributed by atoms with van der Waals surface area (Å²) >= 11 is 0. The van der Waals surface area contributed by atoms with E-state index in [1.807, 2.05) is 13.1 Å². The van der Waals surface area contributed by atoms with Crippen molar-refractivity contribution in [2.75, 3.05) is 39.4 Å². The van der Waals surface area contributed by atoms with E-state index in [4.69, 9.17) is 4.74 Å². The van der Waals surface area contributed by atoms with Crippen molar-refractivity contribution in [3.63, 3.8) is 0 Å². The second-order valence-corrected chi connectivity index (χ2v) is 3.57. The van der Waals surface area contributed by atoms with Gasteiger partial charge in [-0.3, -0.25) is 4.90 Å². The lowest BCUT2D eigenvalue weighted by Gasteiger charge is -2.29. The Morgan fingerprint density at radius 3 is 2.64 bits per heavy atom. The van der Waals surface area contributed by atoms with Crippen molar-refractivity contribution in [3.05, 3.63) is 25.1 Å². The molecular formula is C11H20N2O. The van der Waals surface area contributed by atoms with Gasteiger partial charge in [0.15, 0.2) is 0 Å². The molecule has 1 heterocycles. The highest BCUT2D eigenvalue weighted by molar-refractivity contribution is 4.94. The molecule has 1 aliphatic heterocycles. The van der Waals surface area contributed by atoms with Crippen LogP contribution in [0.1, 0.15) is 6.92 Å². The molecule has 1 saturated heterocycles. The fourth-order valence-corrected chi connectivity index (χ4v) is 1.51. The predicted molar refractivity (Wildman–Crippen MR) is 59.0 cm³/mol. The third-order valence-electron chi connectivity index (χ3n) is 2.47. The summed E-state index contributed by atoms with van der Waals surface area (Å²) in [5, 5.41) is 0. The molecule has 1 fully saturated rings. The molecule has 3 heteroatoms. The van der Waals surface area contributed by atoms with Crippen molar-refractivity contribution in [3.8, 4) is 0 Å². The average Bonchev–Trinajstić information content (AvgIpc) is 2.20. The van der Waals surface area contributed by atoms with Gasteiger partial charge in [-0.25, -0.2) is 0 Å². The fraction of sp³-hybridized carbons (Fsp3) is 0.636. The zero-order valence-corrected chi connectivity index (χ0v) is 9.04. The molecule has 0 spiro atoms. The number of rotatable bonds is 5. The first-order valence-electron chi connectivity index (χ1n) is 5.09. The Labute approximate surface area is 86.6 Å². The molecule has 0 aliphatic carbocycles. The first-order valence-corrected chi connectivity index (χ1v) is 5.09. The van der Waals surface area contributed by atoms with Crippen LogP contribution in [0.15, 0.2) is 25.1 Å². The van der Waals surface area contributed by atoms with Crippen LogP contribution in [0.25, 0.3) is 0 Å². The second-order valence-electron chi connectivity index (χ2n) is 3.57. The maximum absolute atomic E-state index is 5.29. The molecule has 0 unspecified atom stereocenters. The molecule has 0 bridgehead atoms. The lowest BCUT2D eigenvalue weighted by molar-refractivity contribution is 0.0362. The summed E-state index contributed by atoms with van der Waals surface area (Å²) in [7, 11) is 0. The standard InChI is InChI=1S/C11H20N2O/c1-4-13(11(2)3)6-5-12-7-9-14-10-8-12/h4H,1-2,5-10H2,3H3. The monoisotopic (exact) mass is 196 g/mol. The zero-order valence-electron chi connectivity index (χ0n) is 9.04. The van der Waals surface area contributed by atoms with Crippen molar-refractivity contribution in [1.82, 2.24) is 9.80 Å². The summed E-state index contributed by atoms with van der Waals surface area (Å²) in [6.45, 7) is 15.5. The Kier molecular flexibility index (Phi) is 4.70. The molecule has 3 nitrogen and oxygen atoms in total. The highest BCUT2D eigenvalue weighted by Crippen LogP contribution is 2.02. The SMILES string of the molecule is C=CN(CCN1CCOCC1)C(=C)C. The number of allylic oxidation sites excluding steroid dienone is 1. The van der Waals surface area contributed by atoms with Gasteiger partial charge in [0, 0.05) is 31.9 Å². The van der Waals surface area contributed by atoms with Gasteiger partial charge >= 0.3 is 0 Å². The molecule has 0 aromatic rings. The molecule has 0 aromatic heterocycles. The van der Waals surface area contributed by atoms with Gasteiger partial charge in [-0.05, 0) is 13.1 Å². The molecule has 0 N–H and O–H groups in total. The maximum Gasteiger partial charge on any atom is 0.0594 e. The second kappa shape index (κ2) is 5.83. The molecule has 0 aromatic carbocycles. The van der Waals surface area contributed by atoms with Gasteiger partial charge in [0.2, 0.25) is 0 Å². The van der Waals surface area contributed by atoms with E-state index in [0.717, 1.165) is 45.1 Å². The summed E-state index contributed by atoms with van der Waals surface area (Å²) in [5.41, 5.74) is 1.05. The fourth-order valence-electron chi connectivity index (χ4n) is 1.51. The van der Waals surface area contributed by atoms with Gasteiger partial charge in [-0.15, -0.1) is 0 Å². The van der Waals surface area contributed by atoms with Crippen LogP contribution >= 0.6 is 0 Å². The van der Waals surface area contributed by atoms with Crippen LogP contribution in [0.2, 0.25) is 0 Å². The number of ether oxygens (including phenoxy) is 1. The number of hydrogen-bond acceptors (Lipinski definition) is 3. The van der Waals surface area contributed by atoms with Gasteiger partial charge in [0.1, 0.15) is 0 Å². The van der Waals surface area contributed by atoms with E-state index in [2.05, 4.69) is 23.0 Å². The largest absolute Gasteiger partial charge is 0.379 e. The zero-order chi connectivity index (χ0) is 10.4. The van der Waals surface area contributed by atoms with E-state index in [1.165, 1.54) is 0 Å². The third kappa shape index (κ3) is 3.52. The quantitative estimate of drug-likeness (QED) is 0.659. The highest BCUT2D eigenvalue weighted by Gasteiger charge is 2.10. The Morgan fingerprint density at radius 1 is 1.50 bits per heavy atom. The molecule has 0 saturated carbocycles. The minimum Gasteiger partial charge on any atom is -0.379 e. The first-order chi connectivity index (χ1) is 6.74. The highest BCUT2D eigenvalue weighted by atomic mass is 16.5. The molecule has 0 atom stereocenters. The normalized spacial score (nSPS) is 17.8. The molecule has 1 aliphatic rings. The molecule has 14 heavy (non-hydrogen) atoms. The van der Waals surface area contributed by atoms with Crippen molar-refractivity contribution in [2.45, 2.75) is 6.92 Å². The Bertz CT molecular complexity index is 197. The third-order valence-corrected chi connectivity index (χ3v) is 2.47. The summed E-state index contributed by atoms with van der Waals surface area (Å²) < 4.78 is 5.29. The van der Waals surface area contributed by atoms with Crippen LogP contribution in [0.3, 0.4) is 0 Å². The minimum atomic E-state index is 0.862. The summed E-state index contributed by atoms with van der Waals surface area (Å²) in [5.74, 6) is 0. The molecule has 1 rings (SSSR count). The first kappa shape index (κ1) is 11.3. The van der Waals surface area contributed by atoms with Gasteiger partial charge < -0.3 is 9.64 Å². The van der Waals surface area contributed by atoms with Crippen LogP contribution < -0.4 is 0 Å². The number of hydrogen-bond donors (Lipinski definition) is 0. The van der Waals surface area contributed by atoms with Gasteiger partial charge in [0.25, 0.3) is 0 Å². The molecule has 80 valence electrons. The van der Waals surface area contributed by atoms with Crippen LogP contribution in [-0.2, 0) is 4.74 Å². The number of morpholine rings is 1. The lowest BCUT2D eigenvalue weighted by atomic mass is 10.4. The summed E-state index contributed by atoms with van der Waals surface area (Å²) in [6, 6.07) is 0. The average molecular weight is 196 g/mol. The molecular weight excluding hydrogens is 176 g/mol. The topological polar surface area (TPSA) is 15.7 Å². The van der Waals surface area contributed by atoms with Crippen LogP contribution in [-0.4, -0.2) is 49.2 Å². The Hall–Kier alpha value is -0.800. The van der Waals surface area contributed by atoms with E-state index >= 15 is 0 Å².